The van der Waals surface area contributed by atoms with Crippen molar-refractivity contribution >= 4 is 5.84 Å². The molecule has 0 amide bonds. The highest BCUT2D eigenvalue weighted by Gasteiger charge is 2.13. The van der Waals surface area contributed by atoms with Crippen LogP contribution in [0.25, 0.3) is 0 Å². The summed E-state index contributed by atoms with van der Waals surface area (Å²) in [5.74, 6) is 0.722. The van der Waals surface area contributed by atoms with Crippen molar-refractivity contribution in [3.05, 3.63) is 34.9 Å². The Morgan fingerprint density at radius 3 is 2.05 bits per heavy atom. The second kappa shape index (κ2) is 6.71. The zero-order valence-electron chi connectivity index (χ0n) is 12.7. The van der Waals surface area contributed by atoms with Crippen LogP contribution in [0.2, 0.25) is 0 Å². The quantitative estimate of drug-likeness (QED) is 0.817. The number of nitrogens with zero attached hydrogens (tertiary/aromatic N) is 1. The Balaban J connectivity index is 0.000000218. The number of hydrogen-bond donors (Lipinski definition) is 2. The van der Waals surface area contributed by atoms with Crippen molar-refractivity contribution in [2.75, 3.05) is 19.7 Å². The highest BCUT2D eigenvalue weighted by Crippen LogP contribution is 2.23. The summed E-state index contributed by atoms with van der Waals surface area (Å²) >= 11 is 0. The first-order valence-corrected chi connectivity index (χ1v) is 6.80. The van der Waals surface area contributed by atoms with Crippen LogP contribution in [-0.2, 0) is 5.41 Å². The van der Waals surface area contributed by atoms with Crippen molar-refractivity contribution in [2.45, 2.75) is 40.0 Å². The summed E-state index contributed by atoms with van der Waals surface area (Å²) in [5, 5.41) is 11.3. The van der Waals surface area contributed by atoms with Crippen LogP contribution in [0.15, 0.2) is 23.2 Å². The molecule has 0 radical (unpaired) electrons. The smallest absolute Gasteiger partial charge is 0.122 e. The fourth-order valence-electron chi connectivity index (χ4n) is 1.96. The molecule has 3 heteroatoms. The Morgan fingerprint density at radius 2 is 1.74 bits per heavy atom. The van der Waals surface area contributed by atoms with Crippen LogP contribution in [0, 0.1) is 13.8 Å². The number of nitrogens with one attached hydrogen (secondary N) is 1. The van der Waals surface area contributed by atoms with E-state index in [0.29, 0.717) is 0 Å². The van der Waals surface area contributed by atoms with Gasteiger partial charge in [0.1, 0.15) is 12.4 Å². The molecule has 1 heterocycles. The van der Waals surface area contributed by atoms with Gasteiger partial charge in [0.25, 0.3) is 0 Å². The first-order valence-electron chi connectivity index (χ1n) is 6.80. The Hall–Kier alpha value is -1.35. The summed E-state index contributed by atoms with van der Waals surface area (Å²) in [6, 6.07) is 6.76. The molecule has 1 aromatic carbocycles. The van der Waals surface area contributed by atoms with Gasteiger partial charge in [-0.15, -0.1) is 0 Å². The number of aryl methyl sites for hydroxylation is 2. The molecule has 106 valence electrons. The summed E-state index contributed by atoms with van der Waals surface area (Å²) in [7, 11) is 0. The number of amidine groups is 1. The number of aliphatic hydroxyl groups is 1. The summed E-state index contributed by atoms with van der Waals surface area (Å²) in [4.78, 5) is 3.91. The first-order chi connectivity index (χ1) is 8.82. The topological polar surface area (TPSA) is 44.6 Å². The maximum Gasteiger partial charge on any atom is 0.122 e. The van der Waals surface area contributed by atoms with Gasteiger partial charge >= 0.3 is 0 Å². The fourth-order valence-corrected chi connectivity index (χ4v) is 1.96. The van der Waals surface area contributed by atoms with Crippen LogP contribution in [0.1, 0.15) is 37.5 Å². The predicted octanol–water partition coefficient (Wildman–Crippen LogP) is 2.58. The van der Waals surface area contributed by atoms with Gasteiger partial charge in [-0.25, -0.2) is 0 Å². The lowest BCUT2D eigenvalue weighted by Gasteiger charge is -2.20. The lowest BCUT2D eigenvalue weighted by Crippen LogP contribution is -2.21. The van der Waals surface area contributed by atoms with E-state index in [4.69, 9.17) is 5.11 Å². The molecule has 0 saturated heterocycles. The van der Waals surface area contributed by atoms with Crippen LogP contribution in [-0.4, -0.2) is 30.6 Å². The molecule has 2 rings (SSSR count). The summed E-state index contributed by atoms with van der Waals surface area (Å²) in [6.45, 7) is 12.8. The van der Waals surface area contributed by atoms with E-state index in [0.717, 1.165) is 18.9 Å². The molecule has 0 atom stereocenters. The summed E-state index contributed by atoms with van der Waals surface area (Å²) in [6.07, 6.45) is 0. The van der Waals surface area contributed by atoms with Crippen LogP contribution in [0.3, 0.4) is 0 Å². The van der Waals surface area contributed by atoms with E-state index in [1.54, 1.807) is 0 Å². The molecule has 1 aliphatic rings. The molecule has 0 aliphatic carbocycles. The Labute approximate surface area is 116 Å². The minimum atomic E-state index is 0.0556. The minimum absolute atomic E-state index is 0.0556. The molecule has 0 saturated carbocycles. The van der Waals surface area contributed by atoms with E-state index in [1.807, 2.05) is 0 Å². The van der Waals surface area contributed by atoms with E-state index in [9.17, 15) is 0 Å². The molecule has 0 aromatic heterocycles. The SMILES string of the molecule is Cc1cc(C)cc(C(C)(C)C)c1.OCC1=NCCN1. The standard InChI is InChI=1S/C12H18.C4H8N2O/c1-9-6-10(2)8-11(7-9)12(3,4)5;7-3-4-5-1-2-6-4/h6-8H,1-5H3;7H,1-3H2,(H,5,6). The maximum atomic E-state index is 8.37. The lowest BCUT2D eigenvalue weighted by atomic mass is 9.85. The highest BCUT2D eigenvalue weighted by atomic mass is 16.3. The molecule has 0 fully saturated rings. The van der Waals surface area contributed by atoms with Gasteiger partial charge in [0, 0.05) is 6.54 Å². The molecular weight excluding hydrogens is 236 g/mol. The lowest BCUT2D eigenvalue weighted by molar-refractivity contribution is 0.354. The molecule has 1 aliphatic heterocycles. The van der Waals surface area contributed by atoms with Gasteiger partial charge < -0.3 is 10.4 Å². The van der Waals surface area contributed by atoms with Gasteiger partial charge in [0.05, 0.1) is 6.54 Å². The second-order valence-corrected chi connectivity index (χ2v) is 6.04. The average molecular weight is 262 g/mol. The molecule has 19 heavy (non-hydrogen) atoms. The normalized spacial score (nSPS) is 14.3. The molecular formula is C16H26N2O. The monoisotopic (exact) mass is 262 g/mol. The predicted molar refractivity (Wildman–Crippen MR) is 82.0 cm³/mol. The van der Waals surface area contributed by atoms with Crippen LogP contribution < -0.4 is 5.32 Å². The first kappa shape index (κ1) is 15.7. The third-order valence-electron chi connectivity index (χ3n) is 2.98. The van der Waals surface area contributed by atoms with E-state index in [1.165, 1.54) is 16.7 Å². The number of benzene rings is 1. The van der Waals surface area contributed by atoms with Crippen molar-refractivity contribution in [1.29, 1.82) is 0 Å². The maximum absolute atomic E-state index is 8.37. The van der Waals surface area contributed by atoms with Crippen molar-refractivity contribution < 1.29 is 5.11 Å². The van der Waals surface area contributed by atoms with Crippen molar-refractivity contribution in [1.82, 2.24) is 5.32 Å². The summed E-state index contributed by atoms with van der Waals surface area (Å²) in [5.41, 5.74) is 4.43. The van der Waals surface area contributed by atoms with Gasteiger partial charge in [-0.2, -0.15) is 0 Å². The van der Waals surface area contributed by atoms with Gasteiger partial charge in [0.15, 0.2) is 0 Å². The molecule has 0 spiro atoms. The molecule has 1 aromatic rings. The highest BCUT2D eigenvalue weighted by molar-refractivity contribution is 5.84. The Bertz CT molecular complexity index is 424. The second-order valence-electron chi connectivity index (χ2n) is 6.04. The van der Waals surface area contributed by atoms with Gasteiger partial charge in [-0.05, 0) is 24.8 Å². The minimum Gasteiger partial charge on any atom is -0.388 e. The number of aliphatic hydroxyl groups excluding tert-OH is 1. The summed E-state index contributed by atoms with van der Waals surface area (Å²) < 4.78 is 0. The Kier molecular flexibility index (Phi) is 5.55. The van der Waals surface area contributed by atoms with Crippen LogP contribution >= 0.6 is 0 Å². The van der Waals surface area contributed by atoms with Crippen molar-refractivity contribution in [2.24, 2.45) is 4.99 Å². The zero-order valence-corrected chi connectivity index (χ0v) is 12.7. The number of aliphatic imine (C=N–C) groups is 1. The van der Waals surface area contributed by atoms with Crippen molar-refractivity contribution in [3.63, 3.8) is 0 Å². The van der Waals surface area contributed by atoms with Crippen molar-refractivity contribution in [3.8, 4) is 0 Å². The van der Waals surface area contributed by atoms with E-state index in [-0.39, 0.29) is 12.0 Å². The zero-order chi connectivity index (χ0) is 14.5. The molecule has 3 nitrogen and oxygen atoms in total. The molecule has 0 unspecified atom stereocenters. The van der Waals surface area contributed by atoms with E-state index in [2.05, 4.69) is 63.1 Å². The largest absolute Gasteiger partial charge is 0.388 e. The van der Waals surface area contributed by atoms with Gasteiger partial charge in [-0.1, -0.05) is 50.1 Å². The van der Waals surface area contributed by atoms with Gasteiger partial charge in [-0.3, -0.25) is 4.99 Å². The van der Waals surface area contributed by atoms with Crippen LogP contribution in [0.4, 0.5) is 0 Å². The number of hydrogen-bond acceptors (Lipinski definition) is 3. The van der Waals surface area contributed by atoms with E-state index >= 15 is 0 Å². The molecule has 2 N–H and O–H groups in total. The average Bonchev–Trinajstić information content (AvgIpc) is 2.80. The molecule has 0 bridgehead atoms. The van der Waals surface area contributed by atoms with E-state index < -0.39 is 0 Å². The van der Waals surface area contributed by atoms with Crippen LogP contribution in [0.5, 0.6) is 0 Å². The third-order valence-corrected chi connectivity index (χ3v) is 2.98. The fraction of sp³-hybridized carbons (Fsp3) is 0.562. The Morgan fingerprint density at radius 1 is 1.16 bits per heavy atom. The van der Waals surface area contributed by atoms with Gasteiger partial charge in [0.2, 0.25) is 0 Å². The number of rotatable bonds is 1. The third kappa shape index (κ3) is 5.43.